The Labute approximate surface area is 155 Å². The molecule has 7 heteroatoms. The van der Waals surface area contributed by atoms with Crippen LogP contribution in [0.4, 0.5) is 0 Å². The number of methoxy groups -OCH3 is 1. The second kappa shape index (κ2) is 7.78. The topological polar surface area (TPSA) is 67.7 Å². The number of aryl methyl sites for hydroxylation is 2. The van der Waals surface area contributed by atoms with Crippen LogP contribution in [-0.2, 0) is 16.1 Å². The van der Waals surface area contributed by atoms with Crippen LogP contribution in [0.3, 0.4) is 0 Å². The molecule has 1 spiro atoms. The van der Waals surface area contributed by atoms with E-state index in [2.05, 4.69) is 5.10 Å². The standard InChI is InChI=1S/C19H30N4O3/c1-4-23-13-16(15(2)20-23)18(25)21-9-7-19(8-10-21)6-5-17(24)22(14-19)11-12-26-3/h13H,4-12,14H2,1-3H3. The Balaban J connectivity index is 1.62. The summed E-state index contributed by atoms with van der Waals surface area (Å²) in [6, 6.07) is 0. The van der Waals surface area contributed by atoms with Gasteiger partial charge in [0.2, 0.25) is 5.91 Å². The van der Waals surface area contributed by atoms with Crippen molar-refractivity contribution in [2.75, 3.05) is 39.9 Å². The highest BCUT2D eigenvalue weighted by Crippen LogP contribution is 2.40. The van der Waals surface area contributed by atoms with Crippen molar-refractivity contribution in [2.45, 2.75) is 46.1 Å². The highest BCUT2D eigenvalue weighted by Gasteiger charge is 2.41. The van der Waals surface area contributed by atoms with Gasteiger partial charge in [0, 0.05) is 52.5 Å². The van der Waals surface area contributed by atoms with Crippen molar-refractivity contribution in [1.29, 1.82) is 0 Å². The van der Waals surface area contributed by atoms with Crippen LogP contribution in [0.5, 0.6) is 0 Å². The maximum atomic E-state index is 12.9. The van der Waals surface area contributed by atoms with Gasteiger partial charge in [-0.1, -0.05) is 0 Å². The molecule has 2 aliphatic rings. The molecule has 0 unspecified atom stereocenters. The third-order valence-electron chi connectivity index (χ3n) is 5.93. The zero-order chi connectivity index (χ0) is 18.7. The molecule has 3 heterocycles. The Morgan fingerprint density at radius 2 is 2.04 bits per heavy atom. The predicted octanol–water partition coefficient (Wildman–Crippen LogP) is 1.70. The zero-order valence-corrected chi connectivity index (χ0v) is 16.2. The van der Waals surface area contributed by atoms with Gasteiger partial charge < -0.3 is 14.5 Å². The lowest BCUT2D eigenvalue weighted by molar-refractivity contribution is -0.139. The molecule has 0 aromatic carbocycles. The highest BCUT2D eigenvalue weighted by molar-refractivity contribution is 5.95. The number of ether oxygens (including phenoxy) is 1. The molecule has 2 amide bonds. The van der Waals surface area contributed by atoms with Gasteiger partial charge in [-0.05, 0) is 38.5 Å². The molecule has 2 fully saturated rings. The maximum Gasteiger partial charge on any atom is 0.257 e. The second-order valence-electron chi connectivity index (χ2n) is 7.58. The van der Waals surface area contributed by atoms with E-state index in [0.717, 1.165) is 51.1 Å². The smallest absolute Gasteiger partial charge is 0.257 e. The van der Waals surface area contributed by atoms with Crippen LogP contribution >= 0.6 is 0 Å². The van der Waals surface area contributed by atoms with Gasteiger partial charge in [0.25, 0.3) is 5.91 Å². The van der Waals surface area contributed by atoms with Crippen molar-refractivity contribution in [3.8, 4) is 0 Å². The van der Waals surface area contributed by atoms with Gasteiger partial charge >= 0.3 is 0 Å². The largest absolute Gasteiger partial charge is 0.383 e. The van der Waals surface area contributed by atoms with Crippen LogP contribution in [0.1, 0.15) is 48.7 Å². The summed E-state index contributed by atoms with van der Waals surface area (Å²) in [4.78, 5) is 28.9. The number of carbonyl (C=O) groups excluding carboxylic acids is 2. The van der Waals surface area contributed by atoms with Crippen molar-refractivity contribution in [3.63, 3.8) is 0 Å². The van der Waals surface area contributed by atoms with Crippen LogP contribution in [0.2, 0.25) is 0 Å². The Morgan fingerprint density at radius 1 is 1.31 bits per heavy atom. The van der Waals surface area contributed by atoms with E-state index in [4.69, 9.17) is 4.74 Å². The van der Waals surface area contributed by atoms with E-state index >= 15 is 0 Å². The van der Waals surface area contributed by atoms with Gasteiger partial charge in [-0.3, -0.25) is 14.3 Å². The number of likely N-dealkylation sites (tertiary alicyclic amines) is 2. The zero-order valence-electron chi connectivity index (χ0n) is 16.2. The summed E-state index contributed by atoms with van der Waals surface area (Å²) in [7, 11) is 1.66. The first-order valence-corrected chi connectivity index (χ1v) is 9.58. The molecule has 1 aromatic heterocycles. The molecule has 0 N–H and O–H groups in total. The summed E-state index contributed by atoms with van der Waals surface area (Å²) in [6.45, 7) is 8.22. The second-order valence-corrected chi connectivity index (χ2v) is 7.58. The lowest BCUT2D eigenvalue weighted by Gasteiger charge is -2.47. The summed E-state index contributed by atoms with van der Waals surface area (Å²) < 4.78 is 6.95. The summed E-state index contributed by atoms with van der Waals surface area (Å²) >= 11 is 0. The summed E-state index contributed by atoms with van der Waals surface area (Å²) in [5.41, 5.74) is 1.66. The van der Waals surface area contributed by atoms with E-state index in [1.54, 1.807) is 7.11 Å². The molecule has 0 atom stereocenters. The summed E-state index contributed by atoms with van der Waals surface area (Å²) in [5.74, 6) is 0.314. The molecule has 0 radical (unpaired) electrons. The number of nitrogens with zero attached hydrogens (tertiary/aromatic N) is 4. The highest BCUT2D eigenvalue weighted by atomic mass is 16.5. The van der Waals surface area contributed by atoms with Crippen molar-refractivity contribution in [3.05, 3.63) is 17.5 Å². The monoisotopic (exact) mass is 362 g/mol. The number of hydrogen-bond donors (Lipinski definition) is 0. The van der Waals surface area contributed by atoms with Gasteiger partial charge in [-0.25, -0.2) is 0 Å². The molecule has 26 heavy (non-hydrogen) atoms. The van der Waals surface area contributed by atoms with Crippen LogP contribution < -0.4 is 0 Å². The van der Waals surface area contributed by atoms with Crippen molar-refractivity contribution >= 4 is 11.8 Å². The fraction of sp³-hybridized carbons (Fsp3) is 0.737. The molecular weight excluding hydrogens is 332 g/mol. The first-order valence-electron chi connectivity index (χ1n) is 9.58. The molecule has 0 aliphatic carbocycles. The van der Waals surface area contributed by atoms with Gasteiger partial charge in [0.1, 0.15) is 0 Å². The third-order valence-corrected chi connectivity index (χ3v) is 5.93. The van der Waals surface area contributed by atoms with E-state index in [9.17, 15) is 9.59 Å². The summed E-state index contributed by atoms with van der Waals surface area (Å²) in [6.07, 6.45) is 5.31. The van der Waals surface area contributed by atoms with E-state index in [1.165, 1.54) is 0 Å². The number of hydrogen-bond acceptors (Lipinski definition) is 4. The van der Waals surface area contributed by atoms with Crippen molar-refractivity contribution < 1.29 is 14.3 Å². The first-order chi connectivity index (χ1) is 12.5. The average molecular weight is 362 g/mol. The van der Waals surface area contributed by atoms with Gasteiger partial charge in [-0.15, -0.1) is 0 Å². The minimum Gasteiger partial charge on any atom is -0.383 e. The number of rotatable bonds is 5. The van der Waals surface area contributed by atoms with Crippen molar-refractivity contribution in [1.82, 2.24) is 19.6 Å². The van der Waals surface area contributed by atoms with E-state index < -0.39 is 0 Å². The third kappa shape index (κ3) is 3.77. The fourth-order valence-electron chi connectivity index (χ4n) is 4.16. The lowest BCUT2D eigenvalue weighted by atomic mass is 9.72. The Kier molecular flexibility index (Phi) is 5.65. The number of amides is 2. The molecule has 7 nitrogen and oxygen atoms in total. The van der Waals surface area contributed by atoms with Crippen LogP contribution in [0.25, 0.3) is 0 Å². The van der Waals surface area contributed by atoms with Crippen LogP contribution in [0, 0.1) is 12.3 Å². The van der Waals surface area contributed by atoms with Crippen LogP contribution in [0.15, 0.2) is 6.20 Å². The Bertz CT molecular complexity index is 662. The van der Waals surface area contributed by atoms with Gasteiger partial charge in [-0.2, -0.15) is 5.10 Å². The Morgan fingerprint density at radius 3 is 2.65 bits per heavy atom. The van der Waals surface area contributed by atoms with Crippen LogP contribution in [-0.4, -0.2) is 71.3 Å². The number of aromatic nitrogens is 2. The van der Waals surface area contributed by atoms with Gasteiger partial charge in [0.15, 0.2) is 0 Å². The molecule has 2 saturated heterocycles. The Hall–Kier alpha value is -1.89. The lowest BCUT2D eigenvalue weighted by Crippen LogP contribution is -2.52. The molecule has 2 aliphatic heterocycles. The minimum atomic E-state index is 0.0835. The number of piperidine rings is 2. The van der Waals surface area contributed by atoms with Crippen molar-refractivity contribution in [2.24, 2.45) is 5.41 Å². The first kappa shape index (κ1) is 18.9. The quantitative estimate of drug-likeness (QED) is 0.800. The molecular formula is C19H30N4O3. The van der Waals surface area contributed by atoms with E-state index in [1.807, 2.05) is 34.5 Å². The molecule has 1 aromatic rings. The molecule has 0 bridgehead atoms. The van der Waals surface area contributed by atoms with Gasteiger partial charge in [0.05, 0.1) is 17.9 Å². The normalized spacial score (nSPS) is 20.0. The molecule has 3 rings (SSSR count). The van der Waals surface area contributed by atoms with E-state index in [0.29, 0.717) is 25.1 Å². The average Bonchev–Trinajstić information content (AvgIpc) is 3.03. The van der Waals surface area contributed by atoms with E-state index in [-0.39, 0.29) is 17.2 Å². The SMILES string of the molecule is CCn1cc(C(=O)N2CCC3(CCC(=O)N(CCOC)C3)CC2)c(C)n1. The maximum absolute atomic E-state index is 12.9. The molecule has 0 saturated carbocycles. The fourth-order valence-corrected chi connectivity index (χ4v) is 4.16. The number of carbonyl (C=O) groups is 2. The minimum absolute atomic E-state index is 0.0835. The molecule has 144 valence electrons. The summed E-state index contributed by atoms with van der Waals surface area (Å²) in [5, 5.41) is 4.39. The predicted molar refractivity (Wildman–Crippen MR) is 97.9 cm³/mol.